The Hall–Kier alpha value is -1.28. The van der Waals surface area contributed by atoms with Gasteiger partial charge in [-0.1, -0.05) is 18.7 Å². The van der Waals surface area contributed by atoms with Crippen molar-refractivity contribution in [3.05, 3.63) is 42.0 Å². The number of rotatable bonds is 3. The Balaban J connectivity index is 2.13. The number of ether oxygens (including phenoxy) is 1. The van der Waals surface area contributed by atoms with Crippen LogP contribution < -0.4 is 0 Å². The second-order valence-corrected chi connectivity index (χ2v) is 5.09. The van der Waals surface area contributed by atoms with Crippen molar-refractivity contribution < 1.29 is 9.84 Å². The fourth-order valence-electron chi connectivity index (χ4n) is 2.49. The van der Waals surface area contributed by atoms with Crippen LogP contribution in [0.1, 0.15) is 25.8 Å². The molecule has 0 bridgehead atoms. The van der Waals surface area contributed by atoms with Crippen molar-refractivity contribution in [1.82, 2.24) is 0 Å². The van der Waals surface area contributed by atoms with Crippen molar-refractivity contribution in [1.29, 1.82) is 0 Å². The van der Waals surface area contributed by atoms with Gasteiger partial charge < -0.3 is 9.84 Å². The third-order valence-electron chi connectivity index (χ3n) is 3.91. The maximum atomic E-state index is 9.27. The van der Waals surface area contributed by atoms with Crippen molar-refractivity contribution in [2.45, 2.75) is 32.3 Å². The zero-order chi connectivity index (χ0) is 12.5. The molecule has 2 heteroatoms. The molecule has 0 spiro atoms. The van der Waals surface area contributed by atoms with Crippen LogP contribution in [0.25, 0.3) is 0 Å². The summed E-state index contributed by atoms with van der Waals surface area (Å²) in [5.41, 5.74) is 2.14. The maximum absolute atomic E-state index is 9.27. The van der Waals surface area contributed by atoms with Crippen LogP contribution in [0, 0.1) is 5.92 Å². The zero-order valence-electron chi connectivity index (χ0n) is 10.6. The van der Waals surface area contributed by atoms with Crippen LogP contribution in [0.15, 0.2) is 36.4 Å². The summed E-state index contributed by atoms with van der Waals surface area (Å²) in [6, 6.07) is 7.44. The summed E-state index contributed by atoms with van der Waals surface area (Å²) in [6.07, 6.45) is 2.05. The van der Waals surface area contributed by atoms with Gasteiger partial charge in [-0.25, -0.2) is 0 Å². The molecule has 2 rings (SSSR count). The summed E-state index contributed by atoms with van der Waals surface area (Å²) in [5, 5.41) is 9.27. The monoisotopic (exact) mass is 232 g/mol. The summed E-state index contributed by atoms with van der Waals surface area (Å²) < 4.78 is 5.86. The van der Waals surface area contributed by atoms with Gasteiger partial charge in [0.05, 0.1) is 5.60 Å². The fraction of sp³-hybridized carbons (Fsp3) is 0.467. The average molecular weight is 232 g/mol. The number of hydrogen-bond donors (Lipinski definition) is 1. The first-order valence-electron chi connectivity index (χ1n) is 6.10. The molecule has 1 aromatic rings. The fourth-order valence-corrected chi connectivity index (χ4v) is 2.49. The van der Waals surface area contributed by atoms with Gasteiger partial charge in [0, 0.05) is 6.61 Å². The lowest BCUT2D eigenvalue weighted by molar-refractivity contribution is 0.0272. The molecular formula is C15H20O2. The van der Waals surface area contributed by atoms with E-state index in [1.165, 1.54) is 5.56 Å². The minimum atomic E-state index is -0.197. The van der Waals surface area contributed by atoms with Crippen LogP contribution in [-0.4, -0.2) is 17.3 Å². The van der Waals surface area contributed by atoms with Gasteiger partial charge in [0.25, 0.3) is 0 Å². The molecule has 1 aliphatic heterocycles. The summed E-state index contributed by atoms with van der Waals surface area (Å²) in [6.45, 7) is 9.03. The van der Waals surface area contributed by atoms with E-state index in [0.717, 1.165) is 25.0 Å². The normalized spacial score (nSPS) is 28.2. The number of aromatic hydroxyl groups is 1. The summed E-state index contributed by atoms with van der Waals surface area (Å²) in [5.74, 6) is 0.795. The van der Waals surface area contributed by atoms with E-state index in [1.807, 2.05) is 19.1 Å². The molecule has 92 valence electrons. The lowest BCUT2D eigenvalue weighted by Crippen LogP contribution is -2.33. The van der Waals surface area contributed by atoms with E-state index in [4.69, 9.17) is 4.74 Å². The van der Waals surface area contributed by atoms with Gasteiger partial charge in [0.1, 0.15) is 5.75 Å². The minimum Gasteiger partial charge on any atom is -0.508 e. The standard InChI is InChI=1S/C15H20O2/c1-11(2)15(3)13(8-9-17-15)10-12-4-6-14(16)7-5-12/h4-7,13,16H,1,8-10H2,2-3H3. The molecule has 2 unspecified atom stereocenters. The molecule has 17 heavy (non-hydrogen) atoms. The van der Waals surface area contributed by atoms with Crippen molar-refractivity contribution in [3.8, 4) is 5.75 Å². The van der Waals surface area contributed by atoms with Gasteiger partial charge in [-0.3, -0.25) is 0 Å². The van der Waals surface area contributed by atoms with E-state index >= 15 is 0 Å². The van der Waals surface area contributed by atoms with Crippen LogP contribution in [0.2, 0.25) is 0 Å². The topological polar surface area (TPSA) is 29.5 Å². The van der Waals surface area contributed by atoms with E-state index in [1.54, 1.807) is 12.1 Å². The second-order valence-electron chi connectivity index (χ2n) is 5.09. The Kier molecular flexibility index (Phi) is 3.25. The maximum Gasteiger partial charge on any atom is 0.115 e. The smallest absolute Gasteiger partial charge is 0.115 e. The van der Waals surface area contributed by atoms with Crippen LogP contribution >= 0.6 is 0 Å². The Morgan fingerprint density at radius 3 is 2.71 bits per heavy atom. The Morgan fingerprint density at radius 2 is 2.12 bits per heavy atom. The highest BCUT2D eigenvalue weighted by Crippen LogP contribution is 2.39. The molecule has 0 amide bonds. The van der Waals surface area contributed by atoms with Crippen LogP contribution in [0.5, 0.6) is 5.75 Å². The molecule has 2 atom stereocenters. The van der Waals surface area contributed by atoms with Gasteiger partial charge in [0.2, 0.25) is 0 Å². The predicted octanol–water partition coefficient (Wildman–Crippen LogP) is 3.31. The third kappa shape index (κ3) is 2.37. The van der Waals surface area contributed by atoms with Crippen molar-refractivity contribution >= 4 is 0 Å². The minimum absolute atomic E-state index is 0.197. The van der Waals surface area contributed by atoms with E-state index in [0.29, 0.717) is 11.7 Å². The molecule has 0 radical (unpaired) electrons. The molecule has 0 aliphatic carbocycles. The number of phenolic OH excluding ortho intramolecular Hbond substituents is 1. The third-order valence-corrected chi connectivity index (χ3v) is 3.91. The molecule has 1 fully saturated rings. The quantitative estimate of drug-likeness (QED) is 0.810. The molecule has 1 aromatic carbocycles. The first-order valence-corrected chi connectivity index (χ1v) is 6.10. The van der Waals surface area contributed by atoms with Crippen molar-refractivity contribution in [2.75, 3.05) is 6.61 Å². The number of hydrogen-bond acceptors (Lipinski definition) is 2. The first kappa shape index (κ1) is 12.2. The van der Waals surface area contributed by atoms with E-state index in [2.05, 4.69) is 13.5 Å². The summed E-state index contributed by atoms with van der Waals surface area (Å²) in [7, 11) is 0. The van der Waals surface area contributed by atoms with Crippen molar-refractivity contribution in [2.24, 2.45) is 5.92 Å². The Bertz CT molecular complexity index is 407. The molecule has 0 aromatic heterocycles. The van der Waals surface area contributed by atoms with Gasteiger partial charge in [-0.2, -0.15) is 0 Å². The van der Waals surface area contributed by atoms with Crippen LogP contribution in [0.3, 0.4) is 0 Å². The molecular weight excluding hydrogens is 212 g/mol. The SMILES string of the molecule is C=C(C)C1(C)OCCC1Cc1ccc(O)cc1. The van der Waals surface area contributed by atoms with Gasteiger partial charge in [0.15, 0.2) is 0 Å². The average Bonchev–Trinajstić information content (AvgIpc) is 2.65. The summed E-state index contributed by atoms with van der Waals surface area (Å²) in [4.78, 5) is 0. The number of phenols is 1. The van der Waals surface area contributed by atoms with Crippen LogP contribution in [-0.2, 0) is 11.2 Å². The first-order chi connectivity index (χ1) is 8.02. The summed E-state index contributed by atoms with van der Waals surface area (Å²) >= 11 is 0. The zero-order valence-corrected chi connectivity index (χ0v) is 10.6. The predicted molar refractivity (Wildman–Crippen MR) is 69.1 cm³/mol. The van der Waals surface area contributed by atoms with E-state index in [9.17, 15) is 5.11 Å². The van der Waals surface area contributed by atoms with Gasteiger partial charge in [-0.15, -0.1) is 0 Å². The lowest BCUT2D eigenvalue weighted by atomic mass is 9.80. The Morgan fingerprint density at radius 1 is 1.47 bits per heavy atom. The molecule has 1 saturated heterocycles. The highest BCUT2D eigenvalue weighted by molar-refractivity contribution is 5.27. The largest absolute Gasteiger partial charge is 0.508 e. The molecule has 2 nitrogen and oxygen atoms in total. The number of benzene rings is 1. The highest BCUT2D eigenvalue weighted by atomic mass is 16.5. The highest BCUT2D eigenvalue weighted by Gasteiger charge is 2.40. The van der Waals surface area contributed by atoms with Gasteiger partial charge in [-0.05, 0) is 55.9 Å². The Labute approximate surface area is 103 Å². The van der Waals surface area contributed by atoms with Crippen molar-refractivity contribution in [3.63, 3.8) is 0 Å². The van der Waals surface area contributed by atoms with Crippen LogP contribution in [0.4, 0.5) is 0 Å². The van der Waals surface area contributed by atoms with E-state index in [-0.39, 0.29) is 5.60 Å². The molecule has 1 heterocycles. The molecule has 1 N–H and O–H groups in total. The van der Waals surface area contributed by atoms with Gasteiger partial charge >= 0.3 is 0 Å². The molecule has 0 saturated carbocycles. The lowest BCUT2D eigenvalue weighted by Gasteiger charge is -2.31. The molecule has 1 aliphatic rings. The van der Waals surface area contributed by atoms with E-state index < -0.39 is 0 Å². The second kappa shape index (κ2) is 4.53.